The quantitative estimate of drug-likeness (QED) is 0.384. The molecule has 2 heterocycles. The summed E-state index contributed by atoms with van der Waals surface area (Å²) in [4.78, 5) is 22.2. The van der Waals surface area contributed by atoms with Crippen molar-refractivity contribution in [3.8, 4) is 11.8 Å². The molecule has 1 N–H and O–H groups in total. The SMILES string of the molecule is CN(C)CC#Cc1ccc(C2=CCN(CCC(C)(C(=O)NOC3CCCCO3)S(C)(=O)=O)CC2)cc1F. The van der Waals surface area contributed by atoms with E-state index >= 15 is 0 Å². The van der Waals surface area contributed by atoms with E-state index in [1.54, 1.807) is 6.07 Å². The second-order valence-electron chi connectivity index (χ2n) is 10.1. The van der Waals surface area contributed by atoms with Crippen LogP contribution in [0, 0.1) is 17.7 Å². The van der Waals surface area contributed by atoms with Gasteiger partial charge in [-0.25, -0.2) is 23.1 Å². The molecule has 0 spiro atoms. The number of hydrogen-bond acceptors (Lipinski definition) is 7. The number of rotatable bonds is 9. The number of hydroxylamine groups is 1. The predicted octanol–water partition coefficient (Wildman–Crippen LogP) is 2.60. The lowest BCUT2D eigenvalue weighted by atomic mass is 9.97. The molecule has 2 atom stereocenters. The van der Waals surface area contributed by atoms with Gasteiger partial charge in [-0.2, -0.15) is 0 Å². The number of nitrogens with one attached hydrogen (secondary N) is 1. The number of halogens is 1. The number of hydrogen-bond donors (Lipinski definition) is 1. The topological polar surface area (TPSA) is 88.2 Å². The number of benzene rings is 1. The molecular formula is C27H38FN3O5S. The Hall–Kier alpha value is -2.29. The van der Waals surface area contributed by atoms with Crippen LogP contribution in [0.1, 0.15) is 50.2 Å². The zero-order valence-electron chi connectivity index (χ0n) is 22.2. The highest BCUT2D eigenvalue weighted by Crippen LogP contribution is 2.27. The van der Waals surface area contributed by atoms with E-state index in [0.717, 1.165) is 30.2 Å². The second-order valence-corrected chi connectivity index (χ2v) is 12.6. The normalized spacial score (nSPS) is 20.5. The van der Waals surface area contributed by atoms with Crippen molar-refractivity contribution in [3.05, 3.63) is 41.2 Å². The number of carbonyl (C=O) groups is 1. The Morgan fingerprint density at radius 2 is 2.14 bits per heavy atom. The Kier molecular flexibility index (Phi) is 10.3. The van der Waals surface area contributed by atoms with Crippen LogP contribution in [0.4, 0.5) is 4.39 Å². The van der Waals surface area contributed by atoms with Gasteiger partial charge in [-0.15, -0.1) is 0 Å². The van der Waals surface area contributed by atoms with E-state index in [2.05, 4.69) is 22.2 Å². The lowest BCUT2D eigenvalue weighted by Gasteiger charge is -2.32. The maximum absolute atomic E-state index is 14.6. The summed E-state index contributed by atoms with van der Waals surface area (Å²) < 4.78 is 43.5. The molecular weight excluding hydrogens is 497 g/mol. The average Bonchev–Trinajstić information content (AvgIpc) is 2.86. The first kappa shape index (κ1) is 29.3. The smallest absolute Gasteiger partial charge is 0.264 e. The van der Waals surface area contributed by atoms with Gasteiger partial charge in [0.15, 0.2) is 20.9 Å². The van der Waals surface area contributed by atoms with Crippen molar-refractivity contribution in [3.63, 3.8) is 0 Å². The Balaban J connectivity index is 1.58. The van der Waals surface area contributed by atoms with Gasteiger partial charge in [-0.05, 0) is 70.0 Å². The maximum atomic E-state index is 14.6. The van der Waals surface area contributed by atoms with E-state index in [1.165, 1.54) is 13.0 Å². The highest BCUT2D eigenvalue weighted by Gasteiger charge is 2.44. The predicted molar refractivity (Wildman–Crippen MR) is 142 cm³/mol. The number of sulfone groups is 1. The van der Waals surface area contributed by atoms with Crippen molar-refractivity contribution in [1.29, 1.82) is 0 Å². The molecule has 1 aromatic carbocycles. The van der Waals surface area contributed by atoms with Crippen LogP contribution in [0.5, 0.6) is 0 Å². The Morgan fingerprint density at radius 3 is 2.73 bits per heavy atom. The Labute approximate surface area is 220 Å². The molecule has 0 bridgehead atoms. The van der Waals surface area contributed by atoms with Gasteiger partial charge in [-0.1, -0.05) is 24.0 Å². The van der Waals surface area contributed by atoms with Gasteiger partial charge < -0.3 is 4.74 Å². The highest BCUT2D eigenvalue weighted by molar-refractivity contribution is 7.92. The van der Waals surface area contributed by atoms with Crippen LogP contribution < -0.4 is 5.48 Å². The van der Waals surface area contributed by atoms with E-state index in [-0.39, 0.29) is 12.2 Å². The zero-order valence-corrected chi connectivity index (χ0v) is 23.0. The highest BCUT2D eigenvalue weighted by atomic mass is 32.2. The monoisotopic (exact) mass is 535 g/mol. The van der Waals surface area contributed by atoms with Gasteiger partial charge >= 0.3 is 0 Å². The molecule has 1 fully saturated rings. The van der Waals surface area contributed by atoms with Gasteiger partial charge in [0.2, 0.25) is 0 Å². The summed E-state index contributed by atoms with van der Waals surface area (Å²) in [5.74, 6) is 4.78. The van der Waals surface area contributed by atoms with E-state index in [9.17, 15) is 17.6 Å². The Bertz CT molecular complexity index is 1150. The maximum Gasteiger partial charge on any atom is 0.264 e. The molecule has 37 heavy (non-hydrogen) atoms. The third-order valence-corrected chi connectivity index (χ3v) is 8.90. The van der Waals surface area contributed by atoms with Gasteiger partial charge in [0, 0.05) is 38.9 Å². The summed E-state index contributed by atoms with van der Waals surface area (Å²) in [6.45, 7) is 4.20. The number of nitrogens with zero attached hydrogens (tertiary/aromatic N) is 2. The fourth-order valence-corrected chi connectivity index (χ4v) is 5.00. The van der Waals surface area contributed by atoms with E-state index in [0.29, 0.717) is 51.2 Å². The largest absolute Gasteiger partial charge is 0.350 e. The molecule has 3 rings (SSSR count). The summed E-state index contributed by atoms with van der Waals surface area (Å²) >= 11 is 0. The van der Waals surface area contributed by atoms with Crippen LogP contribution >= 0.6 is 0 Å². The molecule has 0 aliphatic carbocycles. The molecule has 204 valence electrons. The van der Waals surface area contributed by atoms with Gasteiger partial charge in [-0.3, -0.25) is 14.6 Å². The van der Waals surface area contributed by atoms with Crippen LogP contribution in [-0.4, -0.2) is 88.3 Å². The molecule has 2 aliphatic rings. The summed E-state index contributed by atoms with van der Waals surface area (Å²) in [7, 11) is 0.0943. The van der Waals surface area contributed by atoms with E-state index in [4.69, 9.17) is 9.57 Å². The van der Waals surface area contributed by atoms with Crippen LogP contribution in [0.3, 0.4) is 0 Å². The lowest BCUT2D eigenvalue weighted by molar-refractivity contribution is -0.201. The molecule has 1 saturated heterocycles. The molecule has 10 heteroatoms. The molecule has 8 nitrogen and oxygen atoms in total. The van der Waals surface area contributed by atoms with Crippen molar-refractivity contribution in [2.45, 2.75) is 50.1 Å². The van der Waals surface area contributed by atoms with E-state index in [1.807, 2.05) is 31.1 Å². The minimum absolute atomic E-state index is 0.116. The van der Waals surface area contributed by atoms with Crippen molar-refractivity contribution in [2.75, 3.05) is 53.1 Å². The first-order chi connectivity index (χ1) is 17.5. The van der Waals surface area contributed by atoms with Gasteiger partial charge in [0.05, 0.1) is 12.1 Å². The summed E-state index contributed by atoms with van der Waals surface area (Å²) in [5.41, 5.74) is 4.55. The summed E-state index contributed by atoms with van der Waals surface area (Å²) in [5, 5.41) is 0. The first-order valence-electron chi connectivity index (χ1n) is 12.6. The fourth-order valence-electron chi connectivity index (χ4n) is 4.16. The van der Waals surface area contributed by atoms with Crippen molar-refractivity contribution < 1.29 is 27.2 Å². The standard InChI is InChI=1S/C27H38FN3O5S/c1-27(37(4,33)34,26(32)29-36-25-9-5-6-19-35-25)14-18-31-16-12-21(13-17-31)23-11-10-22(24(28)20-23)8-7-15-30(2)3/h10-12,20,25H,5-6,9,13-19H2,1-4H3,(H,29,32). The number of carbonyl (C=O) groups excluding carboxylic acids is 1. The molecule has 0 saturated carbocycles. The molecule has 2 aliphatic heterocycles. The molecule has 1 aromatic rings. The van der Waals surface area contributed by atoms with Gasteiger partial charge in [0.1, 0.15) is 5.82 Å². The molecule has 1 amide bonds. The average molecular weight is 536 g/mol. The third-order valence-electron chi connectivity index (χ3n) is 6.88. The number of amides is 1. The first-order valence-corrected chi connectivity index (χ1v) is 14.5. The zero-order chi connectivity index (χ0) is 27.1. The van der Waals surface area contributed by atoms with Crippen LogP contribution in [0.25, 0.3) is 5.57 Å². The molecule has 2 unspecified atom stereocenters. The summed E-state index contributed by atoms with van der Waals surface area (Å²) in [6, 6.07) is 5.10. The Morgan fingerprint density at radius 1 is 1.35 bits per heavy atom. The van der Waals surface area contributed by atoms with Gasteiger partial charge in [0.25, 0.3) is 5.91 Å². The lowest BCUT2D eigenvalue weighted by Crippen LogP contribution is -2.52. The van der Waals surface area contributed by atoms with Crippen LogP contribution in [0.15, 0.2) is 24.3 Å². The van der Waals surface area contributed by atoms with Crippen LogP contribution in [0.2, 0.25) is 0 Å². The fraction of sp³-hybridized carbons (Fsp3) is 0.593. The second kappa shape index (κ2) is 13.0. The van der Waals surface area contributed by atoms with Crippen molar-refractivity contribution >= 4 is 21.3 Å². The molecule has 0 aromatic heterocycles. The molecule has 0 radical (unpaired) electrons. The minimum atomic E-state index is -3.72. The number of ether oxygens (including phenoxy) is 1. The minimum Gasteiger partial charge on any atom is -0.350 e. The van der Waals surface area contributed by atoms with Crippen LogP contribution in [-0.2, 0) is 24.2 Å². The summed E-state index contributed by atoms with van der Waals surface area (Å²) in [6.07, 6.45) is 5.85. The van der Waals surface area contributed by atoms with Crippen molar-refractivity contribution in [1.82, 2.24) is 15.3 Å². The van der Waals surface area contributed by atoms with Crippen molar-refractivity contribution in [2.24, 2.45) is 0 Å². The third kappa shape index (κ3) is 8.09. The van der Waals surface area contributed by atoms with E-state index < -0.39 is 26.8 Å².